The van der Waals surface area contributed by atoms with Gasteiger partial charge < -0.3 is 5.32 Å². The third kappa shape index (κ3) is 2.97. The van der Waals surface area contributed by atoms with Crippen LogP contribution < -0.4 is 5.32 Å². The maximum absolute atomic E-state index is 12.1. The van der Waals surface area contributed by atoms with E-state index in [1.807, 2.05) is 46.4 Å². The highest BCUT2D eigenvalue weighted by Gasteiger charge is 2.08. The smallest absolute Gasteiger partial charge is 0.251 e. The molecule has 1 aromatic carbocycles. The zero-order valence-corrected chi connectivity index (χ0v) is 12.9. The molecule has 108 valence electrons. The summed E-state index contributed by atoms with van der Waals surface area (Å²) in [7, 11) is 0. The van der Waals surface area contributed by atoms with Crippen LogP contribution in [0.15, 0.2) is 42.0 Å². The number of hydrogen-bond donors (Lipinski definition) is 1. The minimum Gasteiger partial charge on any atom is -0.346 e. The molecule has 0 radical (unpaired) electrons. The second-order valence-electron chi connectivity index (χ2n) is 5.28. The first kappa shape index (κ1) is 13.8. The molecular formula is C16H17N3OS. The van der Waals surface area contributed by atoms with E-state index in [0.717, 1.165) is 10.7 Å². The normalized spacial score (nSPS) is 11.2. The molecule has 0 bridgehead atoms. The van der Waals surface area contributed by atoms with Crippen molar-refractivity contribution in [1.82, 2.24) is 14.7 Å². The van der Waals surface area contributed by atoms with E-state index < -0.39 is 0 Å². The predicted molar refractivity (Wildman–Crippen MR) is 84.8 cm³/mol. The van der Waals surface area contributed by atoms with Gasteiger partial charge >= 0.3 is 0 Å². The van der Waals surface area contributed by atoms with Crippen LogP contribution in [0.1, 0.15) is 41.4 Å². The summed E-state index contributed by atoms with van der Waals surface area (Å²) in [6.07, 6.45) is 3.90. The number of nitrogens with zero attached hydrogens (tertiary/aromatic N) is 2. The van der Waals surface area contributed by atoms with Crippen molar-refractivity contribution < 1.29 is 4.79 Å². The second-order valence-corrected chi connectivity index (χ2v) is 6.16. The summed E-state index contributed by atoms with van der Waals surface area (Å²) in [6, 6.07) is 7.76. The van der Waals surface area contributed by atoms with Gasteiger partial charge in [-0.3, -0.25) is 9.20 Å². The van der Waals surface area contributed by atoms with Gasteiger partial charge in [0.2, 0.25) is 0 Å². The van der Waals surface area contributed by atoms with E-state index in [9.17, 15) is 4.79 Å². The van der Waals surface area contributed by atoms with E-state index in [-0.39, 0.29) is 5.91 Å². The van der Waals surface area contributed by atoms with Crippen LogP contribution in [-0.2, 0) is 6.54 Å². The molecule has 1 amide bonds. The number of hydrogen-bond acceptors (Lipinski definition) is 3. The zero-order valence-electron chi connectivity index (χ0n) is 12.0. The first-order chi connectivity index (χ1) is 10.1. The Labute approximate surface area is 127 Å². The molecule has 0 saturated carbocycles. The van der Waals surface area contributed by atoms with Gasteiger partial charge in [-0.2, -0.15) is 0 Å². The van der Waals surface area contributed by atoms with Gasteiger partial charge in [-0.25, -0.2) is 4.98 Å². The molecule has 0 aliphatic rings. The Bertz CT molecular complexity index is 727. The number of imidazole rings is 1. The summed E-state index contributed by atoms with van der Waals surface area (Å²) in [5.41, 5.74) is 2.79. The highest BCUT2D eigenvalue weighted by molar-refractivity contribution is 7.15. The Kier molecular flexibility index (Phi) is 3.75. The minimum absolute atomic E-state index is 0.0679. The lowest BCUT2D eigenvalue weighted by Gasteiger charge is -2.07. The van der Waals surface area contributed by atoms with Crippen LogP contribution in [0.5, 0.6) is 0 Å². The number of fused-ring (bicyclic) bond motifs is 1. The Hall–Kier alpha value is -2.14. The lowest BCUT2D eigenvalue weighted by Crippen LogP contribution is -2.22. The Morgan fingerprint density at radius 1 is 1.33 bits per heavy atom. The van der Waals surface area contributed by atoms with Crippen molar-refractivity contribution in [3.8, 4) is 0 Å². The summed E-state index contributed by atoms with van der Waals surface area (Å²) >= 11 is 1.58. The lowest BCUT2D eigenvalue weighted by atomic mass is 10.0. The van der Waals surface area contributed by atoms with Gasteiger partial charge in [0.1, 0.15) is 0 Å². The van der Waals surface area contributed by atoms with E-state index >= 15 is 0 Å². The molecular weight excluding hydrogens is 282 g/mol. The van der Waals surface area contributed by atoms with Crippen LogP contribution >= 0.6 is 11.3 Å². The molecule has 0 aliphatic carbocycles. The number of carbonyl (C=O) groups is 1. The summed E-state index contributed by atoms with van der Waals surface area (Å²) < 4.78 is 1.96. The molecule has 0 unspecified atom stereocenters. The molecule has 0 saturated heterocycles. The van der Waals surface area contributed by atoms with Crippen LogP contribution in [0.3, 0.4) is 0 Å². The number of aromatic nitrogens is 2. The average molecular weight is 299 g/mol. The molecule has 0 aliphatic heterocycles. The first-order valence-corrected chi connectivity index (χ1v) is 7.80. The summed E-state index contributed by atoms with van der Waals surface area (Å²) in [6.45, 7) is 4.72. The highest BCUT2D eigenvalue weighted by Crippen LogP contribution is 2.15. The van der Waals surface area contributed by atoms with Gasteiger partial charge in [0.05, 0.1) is 12.2 Å². The van der Waals surface area contributed by atoms with E-state index in [1.54, 1.807) is 11.3 Å². The summed E-state index contributed by atoms with van der Waals surface area (Å²) in [4.78, 5) is 17.5. The number of amides is 1. The second kappa shape index (κ2) is 5.69. The molecule has 1 N–H and O–H groups in total. The van der Waals surface area contributed by atoms with E-state index in [0.29, 0.717) is 18.0 Å². The first-order valence-electron chi connectivity index (χ1n) is 6.93. The fourth-order valence-corrected chi connectivity index (χ4v) is 2.87. The van der Waals surface area contributed by atoms with Crippen molar-refractivity contribution in [3.63, 3.8) is 0 Å². The molecule has 2 heterocycles. The minimum atomic E-state index is -0.0679. The Morgan fingerprint density at radius 3 is 2.76 bits per heavy atom. The Morgan fingerprint density at radius 2 is 2.10 bits per heavy atom. The largest absolute Gasteiger partial charge is 0.346 e. The van der Waals surface area contributed by atoms with E-state index in [2.05, 4.69) is 24.1 Å². The van der Waals surface area contributed by atoms with Crippen LogP contribution in [0, 0.1) is 0 Å². The van der Waals surface area contributed by atoms with Crippen LogP contribution in [0.4, 0.5) is 0 Å². The summed E-state index contributed by atoms with van der Waals surface area (Å²) in [5, 5.41) is 4.89. The number of benzene rings is 1. The standard InChI is InChI=1S/C16H17N3OS/c1-11(2)12-3-5-13(6-4-12)15(20)17-9-14-10-19-7-8-21-16(19)18-14/h3-8,10-11H,9H2,1-2H3,(H,17,20). The molecule has 0 spiro atoms. The van der Waals surface area contributed by atoms with E-state index in [4.69, 9.17) is 0 Å². The lowest BCUT2D eigenvalue weighted by molar-refractivity contribution is 0.0950. The van der Waals surface area contributed by atoms with Crippen LogP contribution in [-0.4, -0.2) is 15.3 Å². The van der Waals surface area contributed by atoms with Crippen LogP contribution in [0.25, 0.3) is 4.96 Å². The van der Waals surface area contributed by atoms with Crippen molar-refractivity contribution in [1.29, 1.82) is 0 Å². The van der Waals surface area contributed by atoms with Crippen molar-refractivity contribution in [2.75, 3.05) is 0 Å². The third-order valence-corrected chi connectivity index (χ3v) is 4.18. The van der Waals surface area contributed by atoms with Gasteiger partial charge in [0.25, 0.3) is 5.91 Å². The quantitative estimate of drug-likeness (QED) is 0.802. The highest BCUT2D eigenvalue weighted by atomic mass is 32.1. The SMILES string of the molecule is CC(C)c1ccc(C(=O)NCc2cn3ccsc3n2)cc1. The van der Waals surface area contributed by atoms with Crippen LogP contribution in [0.2, 0.25) is 0 Å². The number of nitrogens with one attached hydrogen (secondary N) is 1. The fraction of sp³-hybridized carbons (Fsp3) is 0.250. The molecule has 0 atom stereocenters. The van der Waals surface area contributed by atoms with E-state index in [1.165, 1.54) is 5.56 Å². The summed E-state index contributed by atoms with van der Waals surface area (Å²) in [5.74, 6) is 0.405. The van der Waals surface area contributed by atoms with Crippen molar-refractivity contribution in [2.24, 2.45) is 0 Å². The van der Waals surface area contributed by atoms with Crippen molar-refractivity contribution >= 4 is 22.2 Å². The maximum Gasteiger partial charge on any atom is 0.251 e. The zero-order chi connectivity index (χ0) is 14.8. The van der Waals surface area contributed by atoms with Gasteiger partial charge in [0, 0.05) is 23.3 Å². The number of carbonyl (C=O) groups excluding carboxylic acids is 1. The Balaban J connectivity index is 1.64. The number of rotatable bonds is 4. The van der Waals surface area contributed by atoms with Gasteiger partial charge in [-0.05, 0) is 23.6 Å². The molecule has 3 rings (SSSR count). The van der Waals surface area contributed by atoms with Crippen molar-refractivity contribution in [3.05, 3.63) is 58.9 Å². The number of thiazole rings is 1. The molecule has 0 fully saturated rings. The third-order valence-electron chi connectivity index (χ3n) is 3.41. The molecule has 2 aromatic heterocycles. The predicted octanol–water partition coefficient (Wildman–Crippen LogP) is 3.45. The monoisotopic (exact) mass is 299 g/mol. The molecule has 5 heteroatoms. The van der Waals surface area contributed by atoms with Gasteiger partial charge in [-0.1, -0.05) is 26.0 Å². The maximum atomic E-state index is 12.1. The van der Waals surface area contributed by atoms with Crippen molar-refractivity contribution in [2.45, 2.75) is 26.3 Å². The van der Waals surface area contributed by atoms with Gasteiger partial charge in [0.15, 0.2) is 4.96 Å². The average Bonchev–Trinajstić information content (AvgIpc) is 3.06. The topological polar surface area (TPSA) is 46.4 Å². The van der Waals surface area contributed by atoms with Gasteiger partial charge in [-0.15, -0.1) is 11.3 Å². The molecule has 21 heavy (non-hydrogen) atoms. The fourth-order valence-electron chi connectivity index (χ4n) is 2.15. The molecule has 3 aromatic rings. The molecule has 4 nitrogen and oxygen atoms in total.